The van der Waals surface area contributed by atoms with Crippen molar-refractivity contribution in [2.45, 2.75) is 257 Å². The molecule has 16 nitrogen and oxygen atoms in total. The predicted molar refractivity (Wildman–Crippen MR) is 362 cm³/mol. The van der Waals surface area contributed by atoms with E-state index in [-0.39, 0.29) is 19.3 Å². The number of carbonyl (C=O) groups is 3. The monoisotopic (exact) mass is 1290 g/mol. The summed E-state index contributed by atoms with van der Waals surface area (Å²) >= 11 is 0. The number of esters is 3. The SMILES string of the molecule is CC/C=C\C/C=C\C/C=C\C/C=C\C/C=C\C/C=C\CCCCC(=O)OCC(O)COP(=O)(O)OCC(O)COP(=O)(O)OCC(COC(=O)CCC/C=C\C/C=C\C/C=C\C/C=C\C/C=C\CC)OC(=O)CCCCCCCCCCCCCCCCC. The fourth-order valence-electron chi connectivity index (χ4n) is 8.31. The molecule has 0 aromatic rings. The molecule has 0 aliphatic heterocycles. The maximum Gasteiger partial charge on any atom is 0.472 e. The lowest BCUT2D eigenvalue weighted by Gasteiger charge is -2.21. The van der Waals surface area contributed by atoms with Gasteiger partial charge in [0.2, 0.25) is 0 Å². The summed E-state index contributed by atoms with van der Waals surface area (Å²) in [5.74, 6) is -1.69. The number of rotatable bonds is 62. The van der Waals surface area contributed by atoms with Crippen molar-refractivity contribution in [2.75, 3.05) is 39.6 Å². The van der Waals surface area contributed by atoms with Crippen LogP contribution < -0.4 is 0 Å². The molecule has 0 rings (SSSR count). The Bertz CT molecular complexity index is 2160. The lowest BCUT2D eigenvalue weighted by Crippen LogP contribution is -2.30. The van der Waals surface area contributed by atoms with Gasteiger partial charge in [-0.1, -0.05) is 244 Å². The maximum absolute atomic E-state index is 12.9. The van der Waals surface area contributed by atoms with E-state index in [0.717, 1.165) is 109 Å². The van der Waals surface area contributed by atoms with Crippen molar-refractivity contribution in [1.82, 2.24) is 0 Å². The first-order chi connectivity index (χ1) is 43.2. The topological polar surface area (TPSA) is 231 Å². The number of aliphatic hydroxyl groups is 2. The summed E-state index contributed by atoms with van der Waals surface area (Å²) < 4.78 is 60.7. The van der Waals surface area contributed by atoms with Gasteiger partial charge in [-0.05, 0) is 109 Å². The fraction of sp³-hybridized carbons (Fsp3) is 0.648. The molecule has 0 radical (unpaired) electrons. The Morgan fingerprint density at radius 2 is 0.607 bits per heavy atom. The number of allylic oxidation sites excluding steroid dienone is 22. The summed E-state index contributed by atoms with van der Waals surface area (Å²) in [4.78, 5) is 58.3. The third-order valence-electron chi connectivity index (χ3n) is 13.4. The summed E-state index contributed by atoms with van der Waals surface area (Å²) in [6.45, 7) is 2.31. The average molecular weight is 1290 g/mol. The summed E-state index contributed by atoms with van der Waals surface area (Å²) in [6.07, 6.45) is 73.7. The number of phosphoric acid groups is 2. The minimum absolute atomic E-state index is 0.0894. The molecule has 0 amide bonds. The van der Waals surface area contributed by atoms with Crippen molar-refractivity contribution in [1.29, 1.82) is 0 Å². The van der Waals surface area contributed by atoms with Crippen molar-refractivity contribution in [2.24, 2.45) is 0 Å². The molecule has 508 valence electrons. The van der Waals surface area contributed by atoms with Crippen LogP contribution in [0.2, 0.25) is 0 Å². The Morgan fingerprint density at radius 1 is 0.326 bits per heavy atom. The molecule has 0 aromatic heterocycles. The van der Waals surface area contributed by atoms with Crippen LogP contribution in [0.1, 0.15) is 239 Å². The molecule has 5 atom stereocenters. The van der Waals surface area contributed by atoms with E-state index in [2.05, 4.69) is 142 Å². The highest BCUT2D eigenvalue weighted by atomic mass is 31.2. The number of phosphoric ester groups is 2. The summed E-state index contributed by atoms with van der Waals surface area (Å²) in [6, 6.07) is 0. The molecule has 0 bridgehead atoms. The highest BCUT2D eigenvalue weighted by molar-refractivity contribution is 7.47. The van der Waals surface area contributed by atoms with Crippen molar-refractivity contribution in [3.63, 3.8) is 0 Å². The molecule has 0 heterocycles. The van der Waals surface area contributed by atoms with Crippen LogP contribution in [-0.4, -0.2) is 95.9 Å². The number of aliphatic hydroxyl groups excluding tert-OH is 2. The normalized spacial score (nSPS) is 15.1. The van der Waals surface area contributed by atoms with Gasteiger partial charge in [-0.15, -0.1) is 0 Å². The van der Waals surface area contributed by atoms with Gasteiger partial charge in [0.05, 0.1) is 26.4 Å². The van der Waals surface area contributed by atoms with Gasteiger partial charge >= 0.3 is 33.6 Å². The molecular weight excluding hydrogens is 1170 g/mol. The van der Waals surface area contributed by atoms with Gasteiger partial charge in [-0.2, -0.15) is 0 Å². The number of hydrogen-bond donors (Lipinski definition) is 4. The number of hydrogen-bond acceptors (Lipinski definition) is 14. The highest BCUT2D eigenvalue weighted by Gasteiger charge is 2.29. The number of unbranched alkanes of at least 4 members (excludes halogenated alkanes) is 17. The van der Waals surface area contributed by atoms with Gasteiger partial charge in [-0.25, -0.2) is 9.13 Å². The van der Waals surface area contributed by atoms with Crippen LogP contribution in [-0.2, 0) is 55.8 Å². The molecule has 89 heavy (non-hydrogen) atoms. The fourth-order valence-corrected chi connectivity index (χ4v) is 9.90. The Kier molecular flexibility index (Phi) is 60.7. The van der Waals surface area contributed by atoms with E-state index in [1.54, 1.807) is 0 Å². The molecule has 0 aliphatic carbocycles. The number of carbonyl (C=O) groups excluding carboxylic acids is 3. The van der Waals surface area contributed by atoms with Gasteiger partial charge in [0.15, 0.2) is 6.10 Å². The van der Waals surface area contributed by atoms with E-state index >= 15 is 0 Å². The zero-order valence-electron chi connectivity index (χ0n) is 54.8. The van der Waals surface area contributed by atoms with E-state index in [1.807, 2.05) is 12.2 Å². The molecule has 4 N–H and O–H groups in total. The van der Waals surface area contributed by atoms with Gasteiger partial charge in [0, 0.05) is 19.3 Å². The first kappa shape index (κ1) is 84.7. The Labute approximate surface area is 537 Å². The molecule has 0 aromatic carbocycles. The minimum atomic E-state index is -4.94. The van der Waals surface area contributed by atoms with Crippen LogP contribution in [0, 0.1) is 0 Å². The maximum atomic E-state index is 12.9. The van der Waals surface area contributed by atoms with Gasteiger partial charge < -0.3 is 34.2 Å². The lowest BCUT2D eigenvalue weighted by atomic mass is 10.0. The third-order valence-corrected chi connectivity index (χ3v) is 15.3. The Hall–Kier alpha value is -4.31. The first-order valence-corrected chi connectivity index (χ1v) is 36.5. The standard InChI is InChI=1S/C71H118O16P2/c1-4-7-10-13-16-19-22-25-28-30-31-32-33-35-38-39-42-45-48-51-54-57-69(74)81-60-66(72)61-83-88(77,78)84-62-67(73)63-85-89(79,80)86-65-68(87-71(76)59-56-53-50-47-44-41-36-27-24-21-18-15-12-9-6-3)64-82-70(75)58-55-52-49-46-43-40-37-34-29-26-23-20-17-14-11-8-5-2/h7-8,10-11,16-17,19-20,25-26,28-29,31-32,35,37-38,40,42,45-46,49,66-68,72-73H,4-6,9,12-15,18,21-24,27,30,33-34,36,39,41,43-44,47-48,50-65H2,1-3H3,(H,77,78)(H,79,80)/b10-7-,11-8-,19-16-,20-17-,28-25-,29-26-,32-31-,38-35-,40-37-,45-42-,49-46-. The third kappa shape index (κ3) is 65.0. The minimum Gasteiger partial charge on any atom is -0.463 e. The van der Waals surface area contributed by atoms with Crippen molar-refractivity contribution in [3.8, 4) is 0 Å². The Morgan fingerprint density at radius 3 is 0.989 bits per heavy atom. The van der Waals surface area contributed by atoms with E-state index in [0.29, 0.717) is 25.7 Å². The largest absolute Gasteiger partial charge is 0.472 e. The Balaban J connectivity index is 4.75. The molecule has 0 spiro atoms. The van der Waals surface area contributed by atoms with E-state index < -0.39 is 91.5 Å². The van der Waals surface area contributed by atoms with E-state index in [1.165, 1.54) is 64.2 Å². The second-order valence-corrected chi connectivity index (χ2v) is 24.8. The van der Waals surface area contributed by atoms with Gasteiger partial charge in [-0.3, -0.25) is 32.5 Å². The molecule has 0 saturated heterocycles. The smallest absolute Gasteiger partial charge is 0.463 e. The molecular formula is C71H118O16P2. The molecule has 18 heteroatoms. The van der Waals surface area contributed by atoms with Crippen molar-refractivity contribution < 1.29 is 75.8 Å². The van der Waals surface area contributed by atoms with Crippen LogP contribution in [0.4, 0.5) is 0 Å². The highest BCUT2D eigenvalue weighted by Crippen LogP contribution is 2.45. The van der Waals surface area contributed by atoms with Gasteiger partial charge in [0.1, 0.15) is 25.4 Å². The van der Waals surface area contributed by atoms with Crippen molar-refractivity contribution in [3.05, 3.63) is 134 Å². The van der Waals surface area contributed by atoms with Crippen molar-refractivity contribution >= 4 is 33.6 Å². The lowest BCUT2D eigenvalue weighted by molar-refractivity contribution is -0.161. The second-order valence-electron chi connectivity index (χ2n) is 21.9. The zero-order valence-corrected chi connectivity index (χ0v) is 56.6. The first-order valence-electron chi connectivity index (χ1n) is 33.5. The van der Waals surface area contributed by atoms with E-state index in [9.17, 15) is 43.5 Å². The van der Waals surface area contributed by atoms with Crippen LogP contribution in [0.25, 0.3) is 0 Å². The second kappa shape index (κ2) is 63.8. The number of ether oxygens (including phenoxy) is 3. The molecule has 5 unspecified atom stereocenters. The van der Waals surface area contributed by atoms with E-state index in [4.69, 9.17) is 32.3 Å². The van der Waals surface area contributed by atoms with Gasteiger partial charge in [0.25, 0.3) is 0 Å². The molecule has 0 aliphatic rings. The quantitative estimate of drug-likeness (QED) is 0.0146. The van der Waals surface area contributed by atoms with Crippen LogP contribution >= 0.6 is 15.6 Å². The van der Waals surface area contributed by atoms with Crippen LogP contribution in [0.5, 0.6) is 0 Å². The molecule has 0 saturated carbocycles. The summed E-state index contributed by atoms with van der Waals surface area (Å²) in [5, 5.41) is 20.5. The summed E-state index contributed by atoms with van der Waals surface area (Å²) in [7, 11) is -9.81. The predicted octanol–water partition coefficient (Wildman–Crippen LogP) is 18.4. The van der Waals surface area contributed by atoms with Crippen LogP contribution in [0.3, 0.4) is 0 Å². The summed E-state index contributed by atoms with van der Waals surface area (Å²) in [5.41, 5.74) is 0. The molecule has 0 fully saturated rings. The van der Waals surface area contributed by atoms with Crippen LogP contribution in [0.15, 0.2) is 134 Å². The zero-order chi connectivity index (χ0) is 65.3. The average Bonchev–Trinajstić information content (AvgIpc) is 3.63.